The molecule has 3 rings (SSSR count). The molecular weight excluding hydrogens is 210 g/mol. The number of H-pyrrole nitrogens is 2. The molecule has 0 amide bonds. The monoisotopic (exact) mass is 221 g/mol. The topological polar surface area (TPSA) is 80.0 Å². The van der Waals surface area contributed by atoms with Crippen molar-refractivity contribution in [1.82, 2.24) is 15.0 Å². The highest BCUT2D eigenvalue weighted by Gasteiger charge is 2.17. The van der Waals surface area contributed by atoms with Crippen LogP contribution in [0.4, 0.5) is 0 Å². The number of pyridine rings is 1. The molecule has 6 heteroatoms. The van der Waals surface area contributed by atoms with Gasteiger partial charge in [0.05, 0.1) is 24.9 Å². The summed E-state index contributed by atoms with van der Waals surface area (Å²) in [5.41, 5.74) is 0.935. The average molecular weight is 221 g/mol. The molecule has 1 aliphatic rings. The quantitative estimate of drug-likeness (QED) is 0.770. The first-order valence-corrected chi connectivity index (χ1v) is 5.14. The lowest BCUT2D eigenvalue weighted by Gasteiger charge is -2.10. The lowest BCUT2D eigenvalue weighted by Crippen LogP contribution is -2.15. The van der Waals surface area contributed by atoms with E-state index < -0.39 is 0 Å². The number of hydrogen-bond donors (Lipinski definition) is 2. The summed E-state index contributed by atoms with van der Waals surface area (Å²) in [6.07, 6.45) is 2.58. The Morgan fingerprint density at radius 3 is 3.25 bits per heavy atom. The molecule has 1 atom stereocenters. The van der Waals surface area contributed by atoms with Gasteiger partial charge >= 0.3 is 5.69 Å². The minimum Gasteiger partial charge on any atom is -0.486 e. The number of aromatic amines is 2. The SMILES string of the molecule is O=c1[nH]c2cc(O[C@@H]3CCOC3)cnc2[nH]1. The molecule has 84 valence electrons. The maximum absolute atomic E-state index is 11.0. The van der Waals surface area contributed by atoms with E-state index >= 15 is 0 Å². The van der Waals surface area contributed by atoms with Gasteiger partial charge in [0, 0.05) is 12.5 Å². The highest BCUT2D eigenvalue weighted by molar-refractivity contribution is 5.70. The van der Waals surface area contributed by atoms with Gasteiger partial charge in [0.1, 0.15) is 11.9 Å². The second-order valence-electron chi connectivity index (χ2n) is 3.75. The summed E-state index contributed by atoms with van der Waals surface area (Å²) in [5, 5.41) is 0. The van der Waals surface area contributed by atoms with Crippen molar-refractivity contribution < 1.29 is 9.47 Å². The maximum Gasteiger partial charge on any atom is 0.325 e. The molecule has 6 nitrogen and oxygen atoms in total. The van der Waals surface area contributed by atoms with E-state index in [0.29, 0.717) is 23.5 Å². The van der Waals surface area contributed by atoms with Crippen molar-refractivity contribution in [3.8, 4) is 5.75 Å². The fourth-order valence-corrected chi connectivity index (χ4v) is 1.76. The molecule has 1 saturated heterocycles. The Morgan fingerprint density at radius 2 is 2.44 bits per heavy atom. The van der Waals surface area contributed by atoms with E-state index in [4.69, 9.17) is 9.47 Å². The van der Waals surface area contributed by atoms with Crippen LogP contribution >= 0.6 is 0 Å². The van der Waals surface area contributed by atoms with Crippen molar-refractivity contribution in [2.24, 2.45) is 0 Å². The molecule has 0 unspecified atom stereocenters. The molecule has 0 aliphatic carbocycles. The summed E-state index contributed by atoms with van der Waals surface area (Å²) in [6.45, 7) is 1.35. The zero-order valence-electron chi connectivity index (χ0n) is 8.53. The van der Waals surface area contributed by atoms with Gasteiger partial charge < -0.3 is 14.5 Å². The largest absolute Gasteiger partial charge is 0.486 e. The van der Waals surface area contributed by atoms with Gasteiger partial charge in [0.2, 0.25) is 0 Å². The van der Waals surface area contributed by atoms with Crippen LogP contribution in [0.15, 0.2) is 17.1 Å². The van der Waals surface area contributed by atoms with E-state index in [-0.39, 0.29) is 11.8 Å². The van der Waals surface area contributed by atoms with Crippen LogP contribution in [0.25, 0.3) is 11.2 Å². The summed E-state index contributed by atoms with van der Waals surface area (Å²) in [5.74, 6) is 0.651. The summed E-state index contributed by atoms with van der Waals surface area (Å²) in [7, 11) is 0. The predicted octanol–water partition coefficient (Wildman–Crippen LogP) is 0.419. The normalized spacial score (nSPS) is 20.4. The maximum atomic E-state index is 11.0. The van der Waals surface area contributed by atoms with Gasteiger partial charge in [-0.15, -0.1) is 0 Å². The highest BCUT2D eigenvalue weighted by Crippen LogP contribution is 2.18. The molecule has 2 aromatic heterocycles. The van der Waals surface area contributed by atoms with E-state index in [1.165, 1.54) is 0 Å². The zero-order chi connectivity index (χ0) is 11.0. The van der Waals surface area contributed by atoms with Crippen molar-refractivity contribution in [1.29, 1.82) is 0 Å². The zero-order valence-corrected chi connectivity index (χ0v) is 8.53. The molecule has 0 radical (unpaired) electrons. The smallest absolute Gasteiger partial charge is 0.325 e. The number of fused-ring (bicyclic) bond motifs is 1. The lowest BCUT2D eigenvalue weighted by molar-refractivity contribution is 0.141. The Bertz CT molecular complexity index is 554. The Labute approximate surface area is 90.6 Å². The van der Waals surface area contributed by atoms with Gasteiger partial charge in [-0.05, 0) is 0 Å². The van der Waals surface area contributed by atoms with Crippen molar-refractivity contribution in [2.75, 3.05) is 13.2 Å². The van der Waals surface area contributed by atoms with Crippen LogP contribution in [0.1, 0.15) is 6.42 Å². The van der Waals surface area contributed by atoms with Crippen LogP contribution in [0.2, 0.25) is 0 Å². The standard InChI is InChI=1S/C10H11N3O3/c14-10-12-8-3-7(4-11-9(8)13-10)16-6-1-2-15-5-6/h3-4,6H,1-2,5H2,(H2,11,12,13,14)/t6-/m1/s1. The number of nitrogens with one attached hydrogen (secondary N) is 2. The minimum atomic E-state index is -0.260. The molecule has 1 aliphatic heterocycles. The van der Waals surface area contributed by atoms with E-state index in [9.17, 15) is 4.79 Å². The van der Waals surface area contributed by atoms with Gasteiger partial charge in [-0.2, -0.15) is 0 Å². The summed E-state index contributed by atoms with van der Waals surface area (Å²) >= 11 is 0. The average Bonchev–Trinajstić information content (AvgIpc) is 2.85. The first-order chi connectivity index (χ1) is 7.81. The Morgan fingerprint density at radius 1 is 1.50 bits per heavy atom. The molecule has 0 saturated carbocycles. The molecule has 16 heavy (non-hydrogen) atoms. The molecule has 2 aromatic rings. The second-order valence-corrected chi connectivity index (χ2v) is 3.75. The summed E-state index contributed by atoms with van der Waals surface area (Å²) < 4.78 is 10.9. The van der Waals surface area contributed by atoms with E-state index in [0.717, 1.165) is 13.0 Å². The van der Waals surface area contributed by atoms with Crippen molar-refractivity contribution in [3.63, 3.8) is 0 Å². The van der Waals surface area contributed by atoms with E-state index in [1.807, 2.05) is 0 Å². The van der Waals surface area contributed by atoms with Gasteiger partial charge in [-0.1, -0.05) is 0 Å². The number of rotatable bonds is 2. The van der Waals surface area contributed by atoms with E-state index in [1.54, 1.807) is 12.3 Å². The second kappa shape index (κ2) is 3.64. The first-order valence-electron chi connectivity index (χ1n) is 5.14. The lowest BCUT2D eigenvalue weighted by atomic mass is 10.3. The van der Waals surface area contributed by atoms with Gasteiger partial charge in [0.25, 0.3) is 0 Å². The number of imidazole rings is 1. The Kier molecular flexibility index (Phi) is 2.14. The molecule has 0 aromatic carbocycles. The van der Waals surface area contributed by atoms with Crippen molar-refractivity contribution >= 4 is 11.2 Å². The van der Waals surface area contributed by atoms with Crippen LogP contribution in [-0.2, 0) is 4.74 Å². The van der Waals surface area contributed by atoms with Gasteiger partial charge in [-0.3, -0.25) is 4.98 Å². The van der Waals surface area contributed by atoms with Gasteiger partial charge in [0.15, 0.2) is 5.65 Å². The summed E-state index contributed by atoms with van der Waals surface area (Å²) in [4.78, 5) is 20.3. The molecule has 2 N–H and O–H groups in total. The van der Waals surface area contributed by atoms with Crippen LogP contribution in [0, 0.1) is 0 Å². The molecular formula is C10H11N3O3. The third kappa shape index (κ3) is 1.67. The molecule has 0 bridgehead atoms. The van der Waals surface area contributed by atoms with Crippen molar-refractivity contribution in [2.45, 2.75) is 12.5 Å². The van der Waals surface area contributed by atoms with Gasteiger partial charge in [-0.25, -0.2) is 9.78 Å². The molecule has 1 fully saturated rings. The van der Waals surface area contributed by atoms with Crippen LogP contribution in [0.5, 0.6) is 5.75 Å². The van der Waals surface area contributed by atoms with Crippen LogP contribution < -0.4 is 10.4 Å². The number of hydrogen-bond acceptors (Lipinski definition) is 4. The van der Waals surface area contributed by atoms with Crippen molar-refractivity contribution in [3.05, 3.63) is 22.7 Å². The summed E-state index contributed by atoms with van der Waals surface area (Å²) in [6, 6.07) is 1.76. The Balaban J connectivity index is 1.89. The third-order valence-electron chi connectivity index (χ3n) is 2.53. The number of nitrogens with zero attached hydrogens (tertiary/aromatic N) is 1. The fourth-order valence-electron chi connectivity index (χ4n) is 1.76. The third-order valence-corrected chi connectivity index (χ3v) is 2.53. The number of ether oxygens (including phenoxy) is 2. The number of aromatic nitrogens is 3. The van der Waals surface area contributed by atoms with Crippen LogP contribution in [0.3, 0.4) is 0 Å². The molecule has 3 heterocycles. The minimum absolute atomic E-state index is 0.0879. The van der Waals surface area contributed by atoms with E-state index in [2.05, 4.69) is 15.0 Å². The Hall–Kier alpha value is -1.82. The highest BCUT2D eigenvalue weighted by atomic mass is 16.5. The first kappa shape index (κ1) is 9.41. The predicted molar refractivity (Wildman–Crippen MR) is 56.6 cm³/mol. The fraction of sp³-hybridized carbons (Fsp3) is 0.400. The van der Waals surface area contributed by atoms with Crippen LogP contribution in [-0.4, -0.2) is 34.3 Å². The molecule has 0 spiro atoms.